The fourth-order valence-electron chi connectivity index (χ4n) is 2.48. The van der Waals surface area contributed by atoms with Gasteiger partial charge in [-0.05, 0) is 49.8 Å². The normalized spacial score (nSPS) is 12.0. The van der Waals surface area contributed by atoms with Crippen LogP contribution in [0.15, 0.2) is 53.8 Å². The van der Waals surface area contributed by atoms with Crippen LogP contribution < -0.4 is 11.1 Å². The number of hydrogen-bond donors (Lipinski definition) is 2. The molecule has 0 saturated carbocycles. The fourth-order valence-corrected chi connectivity index (χ4v) is 2.48. The van der Waals surface area contributed by atoms with E-state index in [9.17, 15) is 9.59 Å². The molecule has 0 spiro atoms. The summed E-state index contributed by atoms with van der Waals surface area (Å²) in [6.45, 7) is 8.32. The van der Waals surface area contributed by atoms with Gasteiger partial charge >= 0.3 is 0 Å². The lowest BCUT2D eigenvalue weighted by Crippen LogP contribution is -2.12. The molecule has 26 heavy (non-hydrogen) atoms. The lowest BCUT2D eigenvalue weighted by atomic mass is 9.96. The number of hydrogen-bond acceptors (Lipinski definition) is 2. The van der Waals surface area contributed by atoms with Crippen LogP contribution in [-0.2, 0) is 9.59 Å². The molecule has 0 atom stereocenters. The number of primary amides is 1. The molecule has 0 fully saturated rings. The van der Waals surface area contributed by atoms with Crippen LogP contribution in [0, 0.1) is 0 Å². The van der Waals surface area contributed by atoms with Crippen molar-refractivity contribution in [2.45, 2.75) is 52.9 Å². The van der Waals surface area contributed by atoms with E-state index in [-0.39, 0.29) is 5.91 Å². The number of amides is 2. The van der Waals surface area contributed by atoms with E-state index in [0.29, 0.717) is 31.6 Å². The smallest absolute Gasteiger partial charge is 0.217 e. The standard InChI is InChI=1S/C22H30N2O2/c1-16(2)9-14-21(24-15-25)20(7-5-6-8-22(23)26)19-12-10-18(11-13-19)17(3)4/h7,9-15,17H,5-6,8H2,1-4H3,(H2,23,26)(H,24,25)/b20-7+,21-14-. The fraction of sp³-hybridized carbons (Fsp3) is 0.364. The highest BCUT2D eigenvalue weighted by molar-refractivity contribution is 5.81. The summed E-state index contributed by atoms with van der Waals surface area (Å²) in [7, 11) is 0. The molecular formula is C22H30N2O2. The number of rotatable bonds is 10. The molecule has 3 N–H and O–H groups in total. The van der Waals surface area contributed by atoms with E-state index < -0.39 is 0 Å². The third kappa shape index (κ3) is 7.51. The Hall–Kier alpha value is -2.62. The Bertz CT molecular complexity index is 691. The van der Waals surface area contributed by atoms with Gasteiger partial charge in [-0.15, -0.1) is 0 Å². The Kier molecular flexibility index (Phi) is 9.13. The maximum absolute atomic E-state index is 11.1. The molecule has 2 amide bonds. The summed E-state index contributed by atoms with van der Waals surface area (Å²) in [6, 6.07) is 8.35. The van der Waals surface area contributed by atoms with Crippen LogP contribution in [-0.4, -0.2) is 12.3 Å². The van der Waals surface area contributed by atoms with E-state index in [4.69, 9.17) is 5.73 Å². The minimum Gasteiger partial charge on any atom is -0.370 e. The number of nitrogens with one attached hydrogen (secondary N) is 1. The summed E-state index contributed by atoms with van der Waals surface area (Å²) in [4.78, 5) is 22.1. The second-order valence-corrected chi connectivity index (χ2v) is 6.84. The Morgan fingerprint density at radius 1 is 1.15 bits per heavy atom. The van der Waals surface area contributed by atoms with Gasteiger partial charge in [0, 0.05) is 17.7 Å². The second kappa shape index (κ2) is 11.1. The van der Waals surface area contributed by atoms with Gasteiger partial charge in [0.05, 0.1) is 0 Å². The van der Waals surface area contributed by atoms with Crippen LogP contribution >= 0.6 is 0 Å². The molecule has 1 rings (SSSR count). The van der Waals surface area contributed by atoms with Crippen LogP contribution in [0.3, 0.4) is 0 Å². The first-order valence-electron chi connectivity index (χ1n) is 8.99. The largest absolute Gasteiger partial charge is 0.370 e. The zero-order valence-electron chi connectivity index (χ0n) is 16.2. The quantitative estimate of drug-likeness (QED) is 0.370. The summed E-state index contributed by atoms with van der Waals surface area (Å²) in [5.74, 6) is 0.161. The molecular weight excluding hydrogens is 324 g/mol. The van der Waals surface area contributed by atoms with Crippen molar-refractivity contribution in [2.75, 3.05) is 0 Å². The predicted molar refractivity (Wildman–Crippen MR) is 108 cm³/mol. The van der Waals surface area contributed by atoms with Crippen LogP contribution in [0.4, 0.5) is 0 Å². The van der Waals surface area contributed by atoms with Gasteiger partial charge < -0.3 is 11.1 Å². The Morgan fingerprint density at radius 2 is 1.81 bits per heavy atom. The molecule has 1 aromatic carbocycles. The highest BCUT2D eigenvalue weighted by Gasteiger charge is 2.09. The van der Waals surface area contributed by atoms with Crippen molar-refractivity contribution in [3.8, 4) is 0 Å². The zero-order valence-corrected chi connectivity index (χ0v) is 16.2. The molecule has 0 aliphatic rings. The Morgan fingerprint density at radius 3 is 2.31 bits per heavy atom. The average Bonchev–Trinajstić information content (AvgIpc) is 2.59. The molecule has 0 aromatic heterocycles. The summed E-state index contributed by atoms with van der Waals surface area (Å²) in [5, 5.41) is 2.80. The van der Waals surface area contributed by atoms with E-state index in [2.05, 4.69) is 49.5 Å². The molecule has 140 valence electrons. The molecule has 1 aromatic rings. The van der Waals surface area contributed by atoms with Gasteiger partial charge in [0.15, 0.2) is 0 Å². The van der Waals surface area contributed by atoms with Gasteiger partial charge in [0.25, 0.3) is 0 Å². The van der Waals surface area contributed by atoms with Crippen LogP contribution in [0.1, 0.15) is 64.0 Å². The SMILES string of the molecule is CC(C)=C/C=C(NC=O)/C(=C/CCCC(N)=O)c1ccc(C(C)C)cc1. The van der Waals surface area contributed by atoms with Crippen molar-refractivity contribution in [3.63, 3.8) is 0 Å². The maximum atomic E-state index is 11.1. The van der Waals surface area contributed by atoms with E-state index >= 15 is 0 Å². The summed E-state index contributed by atoms with van der Waals surface area (Å²) < 4.78 is 0. The number of nitrogens with two attached hydrogens (primary N) is 1. The molecule has 0 aliphatic carbocycles. The van der Waals surface area contributed by atoms with E-state index in [1.807, 2.05) is 26.0 Å². The predicted octanol–water partition coefficient (Wildman–Crippen LogP) is 4.45. The minimum atomic E-state index is -0.299. The van der Waals surface area contributed by atoms with Crippen molar-refractivity contribution >= 4 is 17.9 Å². The van der Waals surface area contributed by atoms with Gasteiger partial charge in [0.2, 0.25) is 12.3 Å². The lowest BCUT2D eigenvalue weighted by molar-refractivity contribution is -0.118. The maximum Gasteiger partial charge on any atom is 0.217 e. The van der Waals surface area contributed by atoms with Crippen molar-refractivity contribution in [1.29, 1.82) is 0 Å². The molecule has 4 heteroatoms. The third-order valence-corrected chi connectivity index (χ3v) is 3.95. The molecule has 0 saturated heterocycles. The highest BCUT2D eigenvalue weighted by Crippen LogP contribution is 2.25. The lowest BCUT2D eigenvalue weighted by Gasteiger charge is -2.14. The first-order chi connectivity index (χ1) is 12.3. The van der Waals surface area contributed by atoms with E-state index in [0.717, 1.165) is 22.4 Å². The van der Waals surface area contributed by atoms with E-state index in [1.165, 1.54) is 5.56 Å². The summed E-state index contributed by atoms with van der Waals surface area (Å²) >= 11 is 0. The van der Waals surface area contributed by atoms with Gasteiger partial charge in [-0.3, -0.25) is 9.59 Å². The molecule has 0 heterocycles. The first-order valence-corrected chi connectivity index (χ1v) is 8.99. The van der Waals surface area contributed by atoms with Crippen molar-refractivity contribution in [2.24, 2.45) is 5.73 Å². The van der Waals surface area contributed by atoms with Crippen LogP contribution in [0.2, 0.25) is 0 Å². The van der Waals surface area contributed by atoms with Crippen molar-refractivity contribution < 1.29 is 9.59 Å². The molecule has 0 unspecified atom stereocenters. The van der Waals surface area contributed by atoms with E-state index in [1.54, 1.807) is 0 Å². The highest BCUT2D eigenvalue weighted by atomic mass is 16.1. The van der Waals surface area contributed by atoms with Crippen LogP contribution in [0.5, 0.6) is 0 Å². The monoisotopic (exact) mass is 354 g/mol. The number of unbranched alkanes of at least 4 members (excludes halogenated alkanes) is 1. The Labute approximate surface area is 156 Å². The number of allylic oxidation sites excluding steroid dienone is 5. The topological polar surface area (TPSA) is 72.2 Å². The van der Waals surface area contributed by atoms with Crippen molar-refractivity contribution in [1.82, 2.24) is 5.32 Å². The number of benzene rings is 1. The van der Waals surface area contributed by atoms with Crippen molar-refractivity contribution in [3.05, 3.63) is 64.9 Å². The van der Waals surface area contributed by atoms with Crippen LogP contribution in [0.25, 0.3) is 5.57 Å². The first kappa shape index (κ1) is 21.4. The minimum absolute atomic E-state index is 0.299. The van der Waals surface area contributed by atoms with Gasteiger partial charge in [-0.1, -0.05) is 55.8 Å². The third-order valence-electron chi connectivity index (χ3n) is 3.95. The van der Waals surface area contributed by atoms with Gasteiger partial charge in [0.1, 0.15) is 0 Å². The number of carbonyl (C=O) groups excluding carboxylic acids is 2. The molecule has 0 bridgehead atoms. The second-order valence-electron chi connectivity index (χ2n) is 6.84. The average molecular weight is 354 g/mol. The summed E-state index contributed by atoms with van der Waals surface area (Å²) in [6.07, 6.45) is 8.34. The van der Waals surface area contributed by atoms with Gasteiger partial charge in [-0.25, -0.2) is 0 Å². The van der Waals surface area contributed by atoms with Gasteiger partial charge in [-0.2, -0.15) is 0 Å². The molecule has 4 nitrogen and oxygen atoms in total. The summed E-state index contributed by atoms with van der Waals surface area (Å²) in [5.41, 5.74) is 10.3. The Balaban J connectivity index is 3.23. The number of carbonyl (C=O) groups is 2. The zero-order chi connectivity index (χ0) is 19.5. The molecule has 0 radical (unpaired) electrons. The molecule has 0 aliphatic heterocycles.